The van der Waals surface area contributed by atoms with Crippen LogP contribution < -0.4 is 49.1 Å². The Morgan fingerprint density at radius 2 is 0.617 bits per heavy atom. The van der Waals surface area contributed by atoms with E-state index in [2.05, 4.69) is 46.9 Å². The van der Waals surface area contributed by atoms with Crippen LogP contribution >= 0.6 is 0 Å². The number of nitrogens with two attached hydrogens (primary N) is 3. The van der Waals surface area contributed by atoms with Gasteiger partial charge in [0.05, 0.1) is 0 Å². The summed E-state index contributed by atoms with van der Waals surface area (Å²) in [4.78, 5) is 135. The first-order valence-corrected chi connectivity index (χ1v) is 31.2. The predicted molar refractivity (Wildman–Crippen MR) is 357 cm³/mol. The third-order valence-corrected chi connectivity index (χ3v) is 14.7. The van der Waals surface area contributed by atoms with E-state index in [0.29, 0.717) is 53.0 Å². The molecule has 12 N–H and O–H groups in total. The lowest BCUT2D eigenvalue weighted by molar-refractivity contribution is -0.120. The monoisotopic (exact) mass is 1290 g/mol. The van der Waals surface area contributed by atoms with Gasteiger partial charge < -0.3 is 63.3 Å². The van der Waals surface area contributed by atoms with Crippen molar-refractivity contribution in [3.05, 3.63) is 180 Å². The van der Waals surface area contributed by atoms with Gasteiger partial charge in [0.1, 0.15) is 16.8 Å². The predicted octanol–water partition coefficient (Wildman–Crippen LogP) is 9.69. The van der Waals surface area contributed by atoms with Crippen LogP contribution in [0, 0.1) is 0 Å². The second kappa shape index (κ2) is 32.7. The summed E-state index contributed by atoms with van der Waals surface area (Å²) < 4.78 is 16.0. The van der Waals surface area contributed by atoms with Gasteiger partial charge in [-0.15, -0.1) is 0 Å². The maximum absolute atomic E-state index is 14.4. The molecule has 6 aromatic rings. The summed E-state index contributed by atoms with van der Waals surface area (Å²) in [5.74, 6) is -4.88. The van der Waals surface area contributed by atoms with Crippen LogP contribution in [-0.2, 0) is 28.6 Å². The summed E-state index contributed by atoms with van der Waals surface area (Å²) in [6.07, 6.45) is 8.37. The van der Waals surface area contributed by atoms with Gasteiger partial charge in [0.25, 0.3) is 17.7 Å². The summed E-state index contributed by atoms with van der Waals surface area (Å²) in [6.45, 7) is 16.3. The van der Waals surface area contributed by atoms with Crippen molar-refractivity contribution in [3.63, 3.8) is 0 Å². The Morgan fingerprint density at radius 3 is 0.830 bits per heavy atom. The fourth-order valence-electron chi connectivity index (χ4n) is 9.94. The molecule has 0 bridgehead atoms. The lowest BCUT2D eigenvalue weighted by Crippen LogP contribution is -2.57. The van der Waals surface area contributed by atoms with E-state index in [0.717, 1.165) is 0 Å². The molecule has 0 aliphatic carbocycles. The molecule has 0 spiro atoms. The molecule has 0 radical (unpaired) electrons. The number of benzene rings is 3. The van der Waals surface area contributed by atoms with E-state index < -0.39 is 92.7 Å². The molecule has 0 saturated heterocycles. The van der Waals surface area contributed by atoms with Gasteiger partial charge in [0, 0.05) is 96.5 Å². The van der Waals surface area contributed by atoms with Gasteiger partial charge >= 0.3 is 18.3 Å². The number of ketones is 3. The number of anilines is 3. The number of carbonyl (C=O) groups excluding carboxylic acids is 9. The third kappa shape index (κ3) is 21.7. The number of aromatic nitrogens is 3. The summed E-state index contributed by atoms with van der Waals surface area (Å²) >= 11 is 0. The first-order valence-electron chi connectivity index (χ1n) is 31.2. The van der Waals surface area contributed by atoms with E-state index in [1.807, 2.05) is 0 Å². The van der Waals surface area contributed by atoms with Crippen molar-refractivity contribution < 1.29 is 57.4 Å². The smallest absolute Gasteiger partial charge is 0.407 e. The molecule has 0 aliphatic heterocycles. The molecule has 24 heteroatoms. The van der Waals surface area contributed by atoms with Crippen LogP contribution in [0.15, 0.2) is 146 Å². The molecule has 94 heavy (non-hydrogen) atoms. The Hall–Kier alpha value is -9.78. The van der Waals surface area contributed by atoms with E-state index in [-0.39, 0.29) is 74.8 Å². The molecule has 24 nitrogen and oxygen atoms in total. The van der Waals surface area contributed by atoms with Crippen LogP contribution in [0.25, 0.3) is 0 Å². The number of unbranched alkanes of at least 4 members (excludes halogenated alkanes) is 3. The number of Topliss-reactive ketones (excluding diaryl/α,β-unsaturated/α-hetero) is 3. The zero-order valence-electron chi connectivity index (χ0n) is 54.9. The number of ether oxygens (including phenoxy) is 3. The normalized spacial score (nSPS) is 13.5. The Labute approximate surface area is 548 Å². The fourth-order valence-corrected chi connectivity index (χ4v) is 9.94. The van der Waals surface area contributed by atoms with Crippen LogP contribution in [0.4, 0.5) is 31.4 Å². The SMILES string of the molecule is CC(C)(C)OC(=O)NCCCC[C@](N)(C(=O)Nc1ccc(C(c2ccc(NC(=O)[C@@](N)(CCCCNC(=O)OC(C)(C)C)C(=O)c3cccnc3)cc2)c2ccc(NC(=O)[C@@](N)(CCCCNC(=O)OC(C)(C)C)C(=O)c3cccnc3)cc2)cc1)C(=O)c1cccnc1. The van der Waals surface area contributed by atoms with E-state index >= 15 is 0 Å². The van der Waals surface area contributed by atoms with Crippen LogP contribution in [-0.4, -0.2) is 121 Å². The minimum atomic E-state index is -2.06. The summed E-state index contributed by atoms with van der Waals surface area (Å²) in [5, 5.41) is 16.6. The lowest BCUT2D eigenvalue weighted by Gasteiger charge is -2.28. The molecular weight excluding hydrogens is 1200 g/mol. The van der Waals surface area contributed by atoms with Crippen molar-refractivity contribution in [2.75, 3.05) is 35.6 Å². The highest BCUT2D eigenvalue weighted by molar-refractivity contribution is 6.22. The molecule has 3 heterocycles. The highest BCUT2D eigenvalue weighted by Gasteiger charge is 2.45. The molecule has 3 atom stereocenters. The summed E-state index contributed by atoms with van der Waals surface area (Å²) in [7, 11) is 0. The summed E-state index contributed by atoms with van der Waals surface area (Å²) in [5.41, 5.74) is 15.5. The Balaban J connectivity index is 1.28. The minimum absolute atomic E-state index is 0.0834. The van der Waals surface area contributed by atoms with Crippen LogP contribution in [0.1, 0.15) is 174 Å². The number of nitrogens with zero attached hydrogens (tertiary/aromatic N) is 3. The van der Waals surface area contributed by atoms with Crippen LogP contribution in [0.5, 0.6) is 0 Å². The first-order chi connectivity index (χ1) is 44.3. The van der Waals surface area contributed by atoms with Crippen molar-refractivity contribution >= 4 is 70.4 Å². The highest BCUT2D eigenvalue weighted by atomic mass is 16.6. The van der Waals surface area contributed by atoms with Gasteiger partial charge in [0.15, 0.2) is 34.0 Å². The summed E-state index contributed by atoms with van der Waals surface area (Å²) in [6, 6.07) is 29.9. The first kappa shape index (κ1) is 73.3. The molecule has 0 unspecified atom stereocenters. The standard InChI is InChI=1S/C70H88N12O12/c1-65(2,3)92-62(89)77-40-13-10-34-68(71,56(83)49-19-16-37-74-43-49)59(86)80-52-28-22-46(23-29-52)55(47-24-30-53(31-25-47)81-60(87)69(72,57(84)50-20-17-38-75-44-50)35-11-14-41-78-63(90)93-66(4,5)6)48-26-32-54(33-27-48)82-61(88)70(73,58(85)51-21-18-39-76-45-51)36-12-15-42-79-64(91)94-67(7,8)9/h16-33,37-39,43-45,55H,10-15,34-36,40-42,71-73H2,1-9H3,(H,77,89)(H,78,90)(H,79,91)(H,80,86)(H,81,87)(H,82,88)/t68-,69-,70-/m1/s1. The fraction of sp³-hybridized carbons (Fsp3) is 0.400. The molecule has 6 rings (SSSR count). The number of hydrogen-bond donors (Lipinski definition) is 9. The van der Waals surface area contributed by atoms with E-state index in [1.54, 1.807) is 153 Å². The van der Waals surface area contributed by atoms with Crippen molar-refractivity contribution in [2.45, 2.75) is 159 Å². The van der Waals surface area contributed by atoms with Gasteiger partial charge in [-0.05, 0) is 210 Å². The molecule has 0 aliphatic rings. The molecule has 500 valence electrons. The number of amides is 6. The molecule has 3 aromatic heterocycles. The second-order valence-electron chi connectivity index (χ2n) is 25.9. The number of alkyl carbamates (subject to hydrolysis) is 3. The van der Waals surface area contributed by atoms with Gasteiger partial charge in [-0.2, -0.15) is 0 Å². The van der Waals surface area contributed by atoms with Crippen LogP contribution in [0.2, 0.25) is 0 Å². The average Bonchev–Trinajstić information content (AvgIpc) is 0.810. The minimum Gasteiger partial charge on any atom is -0.444 e. The largest absolute Gasteiger partial charge is 0.444 e. The Bertz CT molecular complexity index is 3190. The van der Waals surface area contributed by atoms with Gasteiger partial charge in [-0.1, -0.05) is 36.4 Å². The molecule has 6 amide bonds. The second-order valence-corrected chi connectivity index (χ2v) is 25.9. The number of carbonyl (C=O) groups is 9. The van der Waals surface area contributed by atoms with Crippen molar-refractivity contribution in [2.24, 2.45) is 17.2 Å². The number of hydrogen-bond acceptors (Lipinski definition) is 18. The maximum atomic E-state index is 14.4. The average molecular weight is 1290 g/mol. The Morgan fingerprint density at radius 1 is 0.372 bits per heavy atom. The number of pyridine rings is 3. The van der Waals surface area contributed by atoms with Gasteiger partial charge in [-0.25, -0.2) is 14.4 Å². The van der Waals surface area contributed by atoms with E-state index in [9.17, 15) is 43.2 Å². The number of nitrogens with one attached hydrogen (secondary N) is 6. The van der Waals surface area contributed by atoms with Gasteiger partial charge in [0.2, 0.25) is 0 Å². The van der Waals surface area contributed by atoms with Crippen LogP contribution in [0.3, 0.4) is 0 Å². The van der Waals surface area contributed by atoms with Crippen molar-refractivity contribution in [1.29, 1.82) is 0 Å². The van der Waals surface area contributed by atoms with E-state index in [1.165, 1.54) is 55.4 Å². The highest BCUT2D eigenvalue weighted by Crippen LogP contribution is 2.35. The molecule has 0 fully saturated rings. The van der Waals surface area contributed by atoms with Gasteiger partial charge in [-0.3, -0.25) is 43.7 Å². The zero-order valence-corrected chi connectivity index (χ0v) is 54.9. The molecule has 3 aromatic carbocycles. The quantitative estimate of drug-likeness (QED) is 0.00665. The maximum Gasteiger partial charge on any atom is 0.407 e. The zero-order chi connectivity index (χ0) is 68.9. The van der Waals surface area contributed by atoms with Crippen molar-refractivity contribution in [1.82, 2.24) is 30.9 Å². The van der Waals surface area contributed by atoms with E-state index in [4.69, 9.17) is 31.4 Å². The third-order valence-electron chi connectivity index (χ3n) is 14.7. The lowest BCUT2D eigenvalue weighted by atomic mass is 9.83. The Kier molecular flexibility index (Phi) is 25.5. The van der Waals surface area contributed by atoms with Crippen molar-refractivity contribution in [3.8, 4) is 0 Å². The number of rotatable bonds is 30. The topological polar surface area (TPSA) is 370 Å². The molecular formula is C70H88N12O12. The molecule has 0 saturated carbocycles.